The van der Waals surface area contributed by atoms with E-state index in [-0.39, 0.29) is 0 Å². The van der Waals surface area contributed by atoms with Crippen molar-refractivity contribution in [2.75, 3.05) is 0 Å². The highest BCUT2D eigenvalue weighted by Gasteiger charge is 2.25. The van der Waals surface area contributed by atoms with Crippen molar-refractivity contribution in [1.82, 2.24) is 0 Å². The number of fused-ring (bicyclic) bond motifs is 1. The lowest BCUT2D eigenvalue weighted by Gasteiger charge is -2.25. The third kappa shape index (κ3) is 1.71. The van der Waals surface area contributed by atoms with Crippen molar-refractivity contribution in [3.63, 3.8) is 0 Å². The summed E-state index contributed by atoms with van der Waals surface area (Å²) in [6.45, 7) is 2.40. The van der Waals surface area contributed by atoms with Crippen molar-refractivity contribution in [2.45, 2.75) is 44.3 Å². The third-order valence-corrected chi connectivity index (χ3v) is 3.87. The molecule has 2 aliphatic carbocycles. The van der Waals surface area contributed by atoms with E-state index in [9.17, 15) is 0 Å². The van der Waals surface area contributed by atoms with E-state index in [0.29, 0.717) is 5.25 Å². The number of hydrogen-bond donors (Lipinski definition) is 1. The lowest BCUT2D eigenvalue weighted by molar-refractivity contribution is 0.364. The van der Waals surface area contributed by atoms with Crippen molar-refractivity contribution in [2.24, 2.45) is 11.8 Å². The Morgan fingerprint density at radius 2 is 2.17 bits per heavy atom. The fourth-order valence-electron chi connectivity index (χ4n) is 2.50. The molecule has 0 N–H and O–H groups in total. The number of rotatable bonds is 0. The first-order valence-electron chi connectivity index (χ1n) is 5.13. The van der Waals surface area contributed by atoms with Crippen LogP contribution in [0.2, 0.25) is 0 Å². The molecule has 0 fully saturated rings. The van der Waals surface area contributed by atoms with E-state index >= 15 is 0 Å². The molecular weight excluding hydrogens is 164 g/mol. The Hall–Kier alpha value is 0.0900. The van der Waals surface area contributed by atoms with E-state index in [1.54, 1.807) is 5.57 Å². The molecule has 2 aliphatic rings. The van der Waals surface area contributed by atoms with E-state index in [4.69, 9.17) is 0 Å². The van der Waals surface area contributed by atoms with Crippen LogP contribution in [0.15, 0.2) is 11.6 Å². The van der Waals surface area contributed by atoms with E-state index in [0.717, 1.165) is 11.8 Å². The first kappa shape index (κ1) is 8.68. The maximum absolute atomic E-state index is 4.60. The molecule has 0 aromatic heterocycles. The molecule has 0 nitrogen and oxygen atoms in total. The Bertz CT molecular complexity index is 195. The summed E-state index contributed by atoms with van der Waals surface area (Å²) in [5.41, 5.74) is 1.69. The maximum atomic E-state index is 4.60. The lowest BCUT2D eigenvalue weighted by atomic mass is 9.81. The second kappa shape index (κ2) is 3.45. The Balaban J connectivity index is 2.13. The van der Waals surface area contributed by atoms with Crippen LogP contribution in [0.5, 0.6) is 0 Å². The van der Waals surface area contributed by atoms with Gasteiger partial charge in [0.15, 0.2) is 0 Å². The van der Waals surface area contributed by atoms with Gasteiger partial charge in [0.05, 0.1) is 0 Å². The molecule has 2 rings (SSSR count). The van der Waals surface area contributed by atoms with Gasteiger partial charge in [-0.25, -0.2) is 0 Å². The van der Waals surface area contributed by atoms with Crippen LogP contribution in [-0.2, 0) is 0 Å². The molecular formula is C11H18S. The maximum Gasteiger partial charge on any atom is 0.00541 e. The van der Waals surface area contributed by atoms with E-state index < -0.39 is 0 Å². The molecule has 3 unspecified atom stereocenters. The highest BCUT2D eigenvalue weighted by Crippen LogP contribution is 2.37. The molecule has 1 heteroatoms. The van der Waals surface area contributed by atoms with Crippen molar-refractivity contribution >= 4 is 12.6 Å². The average molecular weight is 182 g/mol. The quantitative estimate of drug-likeness (QED) is 0.430. The summed E-state index contributed by atoms with van der Waals surface area (Å²) >= 11 is 4.60. The van der Waals surface area contributed by atoms with Gasteiger partial charge in [0.25, 0.3) is 0 Å². The minimum absolute atomic E-state index is 0.645. The highest BCUT2D eigenvalue weighted by atomic mass is 32.1. The van der Waals surface area contributed by atoms with Crippen LogP contribution in [0.3, 0.4) is 0 Å². The van der Waals surface area contributed by atoms with Gasteiger partial charge in [-0.2, -0.15) is 12.6 Å². The minimum Gasteiger partial charge on any atom is -0.176 e. The van der Waals surface area contributed by atoms with Crippen molar-refractivity contribution in [3.05, 3.63) is 11.6 Å². The molecule has 0 saturated carbocycles. The molecule has 0 amide bonds. The standard InChI is InChI=1S/C11H18S/c1-8-2-3-9-6-10(8)4-5-11(12)7-9/h6,8,10-12H,2-5,7H2,1H3. The summed E-state index contributed by atoms with van der Waals surface area (Å²) in [4.78, 5) is 0. The van der Waals surface area contributed by atoms with Gasteiger partial charge < -0.3 is 0 Å². The molecule has 0 saturated heterocycles. The molecule has 3 atom stereocenters. The zero-order valence-corrected chi connectivity index (χ0v) is 8.69. The first-order chi connectivity index (χ1) is 5.75. The van der Waals surface area contributed by atoms with E-state index in [1.807, 2.05) is 0 Å². The number of thiol groups is 1. The number of hydrogen-bond acceptors (Lipinski definition) is 1. The molecule has 0 aromatic rings. The van der Waals surface area contributed by atoms with Gasteiger partial charge >= 0.3 is 0 Å². The summed E-state index contributed by atoms with van der Waals surface area (Å²) in [5, 5.41) is 0.645. The van der Waals surface area contributed by atoms with Crippen LogP contribution in [-0.4, -0.2) is 5.25 Å². The molecule has 12 heavy (non-hydrogen) atoms. The molecule has 2 bridgehead atoms. The molecule has 0 aromatic carbocycles. The zero-order chi connectivity index (χ0) is 8.55. The summed E-state index contributed by atoms with van der Waals surface area (Å²) in [7, 11) is 0. The third-order valence-electron chi connectivity index (χ3n) is 3.43. The Kier molecular flexibility index (Phi) is 2.49. The van der Waals surface area contributed by atoms with Crippen LogP contribution in [0.25, 0.3) is 0 Å². The summed E-state index contributed by atoms with van der Waals surface area (Å²) in [6, 6.07) is 0. The Labute approximate surface area is 80.8 Å². The fraction of sp³-hybridized carbons (Fsp3) is 0.818. The normalized spacial score (nSPS) is 41.8. The van der Waals surface area contributed by atoms with Crippen molar-refractivity contribution in [1.29, 1.82) is 0 Å². The summed E-state index contributed by atoms with van der Waals surface area (Å²) < 4.78 is 0. The van der Waals surface area contributed by atoms with Gasteiger partial charge in [-0.05, 0) is 43.9 Å². The predicted molar refractivity (Wildman–Crippen MR) is 56.6 cm³/mol. The molecule has 68 valence electrons. The van der Waals surface area contributed by atoms with Gasteiger partial charge in [-0.3, -0.25) is 0 Å². The van der Waals surface area contributed by atoms with Crippen LogP contribution in [0, 0.1) is 11.8 Å². The van der Waals surface area contributed by atoms with Gasteiger partial charge in [0.2, 0.25) is 0 Å². The zero-order valence-electron chi connectivity index (χ0n) is 7.79. The van der Waals surface area contributed by atoms with Crippen LogP contribution in [0.4, 0.5) is 0 Å². The van der Waals surface area contributed by atoms with E-state index in [2.05, 4.69) is 25.6 Å². The number of allylic oxidation sites excluding steroid dienone is 2. The first-order valence-corrected chi connectivity index (χ1v) is 5.65. The second-order valence-electron chi connectivity index (χ2n) is 4.44. The second-order valence-corrected chi connectivity index (χ2v) is 5.17. The molecule has 0 heterocycles. The van der Waals surface area contributed by atoms with Crippen LogP contribution < -0.4 is 0 Å². The van der Waals surface area contributed by atoms with Crippen molar-refractivity contribution in [3.8, 4) is 0 Å². The van der Waals surface area contributed by atoms with Gasteiger partial charge in [0, 0.05) is 5.25 Å². The molecule has 0 aliphatic heterocycles. The Morgan fingerprint density at radius 1 is 1.33 bits per heavy atom. The highest BCUT2D eigenvalue weighted by molar-refractivity contribution is 7.80. The predicted octanol–water partition coefficient (Wildman–Crippen LogP) is 3.44. The SMILES string of the molecule is CC1CCC2=CC1CCC(S)C2. The van der Waals surface area contributed by atoms with Gasteiger partial charge in [-0.1, -0.05) is 18.6 Å². The monoisotopic (exact) mass is 182 g/mol. The Morgan fingerprint density at radius 3 is 3.00 bits per heavy atom. The summed E-state index contributed by atoms with van der Waals surface area (Å²) in [6.07, 6.45) is 9.25. The molecule has 0 radical (unpaired) electrons. The largest absolute Gasteiger partial charge is 0.176 e. The molecule has 0 spiro atoms. The van der Waals surface area contributed by atoms with E-state index in [1.165, 1.54) is 32.1 Å². The fourth-order valence-corrected chi connectivity index (χ4v) is 2.89. The van der Waals surface area contributed by atoms with Crippen molar-refractivity contribution < 1.29 is 0 Å². The smallest absolute Gasteiger partial charge is 0.00541 e. The minimum atomic E-state index is 0.645. The van der Waals surface area contributed by atoms with Gasteiger partial charge in [-0.15, -0.1) is 0 Å². The summed E-state index contributed by atoms with van der Waals surface area (Å²) in [5.74, 6) is 1.80. The average Bonchev–Trinajstić information content (AvgIpc) is 2.19. The lowest BCUT2D eigenvalue weighted by Crippen LogP contribution is -2.13. The topological polar surface area (TPSA) is 0 Å². The van der Waals surface area contributed by atoms with Crippen LogP contribution >= 0.6 is 12.6 Å². The van der Waals surface area contributed by atoms with Crippen LogP contribution in [0.1, 0.15) is 39.0 Å². The van der Waals surface area contributed by atoms with Gasteiger partial charge in [0.1, 0.15) is 0 Å².